The molecule has 0 aliphatic heterocycles. The number of hydrogen-bond acceptors (Lipinski definition) is 2. The zero-order valence-corrected chi connectivity index (χ0v) is 14.8. The molecular weight excluding hydrogens is 322 g/mol. The van der Waals surface area contributed by atoms with E-state index in [1.807, 2.05) is 60.5 Å². The molecule has 2 aromatic rings. The quantitative estimate of drug-likeness (QED) is 0.803. The van der Waals surface area contributed by atoms with Crippen LogP contribution in [0.2, 0.25) is 5.02 Å². The number of carbonyl (C=O) groups is 1. The first-order valence-corrected chi connectivity index (χ1v) is 8.58. The average Bonchev–Trinajstić information content (AvgIpc) is 2.56. The molecule has 126 valence electrons. The molecule has 1 fully saturated rings. The molecular formula is C20H22ClNO2. The van der Waals surface area contributed by atoms with Crippen LogP contribution in [-0.2, 0) is 16.8 Å². The van der Waals surface area contributed by atoms with Crippen LogP contribution in [0.1, 0.15) is 30.4 Å². The maximum atomic E-state index is 13.2. The van der Waals surface area contributed by atoms with Crippen molar-refractivity contribution in [1.29, 1.82) is 0 Å². The van der Waals surface area contributed by atoms with E-state index in [1.54, 1.807) is 7.11 Å². The van der Waals surface area contributed by atoms with Gasteiger partial charge in [-0.25, -0.2) is 0 Å². The summed E-state index contributed by atoms with van der Waals surface area (Å²) in [5, 5.41) is 0.697. The second kappa shape index (κ2) is 6.86. The lowest BCUT2D eigenvalue weighted by Gasteiger charge is -2.43. The van der Waals surface area contributed by atoms with E-state index in [0.717, 1.165) is 36.1 Å². The highest BCUT2D eigenvalue weighted by molar-refractivity contribution is 6.30. The van der Waals surface area contributed by atoms with Crippen LogP contribution in [0.3, 0.4) is 0 Å². The van der Waals surface area contributed by atoms with Crippen molar-refractivity contribution in [1.82, 2.24) is 4.90 Å². The topological polar surface area (TPSA) is 29.5 Å². The number of ether oxygens (including phenoxy) is 1. The molecule has 0 radical (unpaired) electrons. The molecule has 3 nitrogen and oxygen atoms in total. The van der Waals surface area contributed by atoms with Crippen molar-refractivity contribution in [2.45, 2.75) is 31.2 Å². The summed E-state index contributed by atoms with van der Waals surface area (Å²) >= 11 is 6.00. The van der Waals surface area contributed by atoms with Crippen LogP contribution in [0.4, 0.5) is 0 Å². The lowest BCUT2D eigenvalue weighted by atomic mass is 9.63. The van der Waals surface area contributed by atoms with E-state index >= 15 is 0 Å². The largest absolute Gasteiger partial charge is 0.496 e. The standard InChI is InChI=1S/C20H22ClNO2/c1-22(14-15-6-3-4-7-18(15)24-2)19(23)20(12-5-13-20)16-8-10-17(21)11-9-16/h3-4,6-11H,5,12-14H2,1-2H3. The molecule has 0 aromatic heterocycles. The minimum absolute atomic E-state index is 0.168. The second-order valence-electron chi connectivity index (χ2n) is 6.42. The highest BCUT2D eigenvalue weighted by atomic mass is 35.5. The summed E-state index contributed by atoms with van der Waals surface area (Å²) in [5.41, 5.74) is 1.68. The second-order valence-corrected chi connectivity index (χ2v) is 6.85. The Morgan fingerprint density at radius 1 is 1.17 bits per heavy atom. The van der Waals surface area contributed by atoms with Crippen molar-refractivity contribution in [3.8, 4) is 5.75 Å². The Balaban J connectivity index is 1.82. The van der Waals surface area contributed by atoms with Crippen molar-refractivity contribution in [3.05, 3.63) is 64.7 Å². The molecule has 24 heavy (non-hydrogen) atoms. The summed E-state index contributed by atoms with van der Waals surface area (Å²) < 4.78 is 5.40. The lowest BCUT2D eigenvalue weighted by molar-refractivity contribution is -0.140. The minimum Gasteiger partial charge on any atom is -0.496 e. The smallest absolute Gasteiger partial charge is 0.233 e. The Morgan fingerprint density at radius 2 is 1.83 bits per heavy atom. The van der Waals surface area contributed by atoms with Gasteiger partial charge in [0, 0.05) is 24.2 Å². The van der Waals surface area contributed by atoms with E-state index in [9.17, 15) is 4.79 Å². The monoisotopic (exact) mass is 343 g/mol. The van der Waals surface area contributed by atoms with Crippen molar-refractivity contribution in [2.75, 3.05) is 14.2 Å². The first kappa shape index (κ1) is 16.8. The highest BCUT2D eigenvalue weighted by Crippen LogP contribution is 2.45. The number of benzene rings is 2. The first-order valence-electron chi connectivity index (χ1n) is 8.20. The molecule has 0 saturated heterocycles. The molecule has 1 aliphatic rings. The SMILES string of the molecule is COc1ccccc1CN(C)C(=O)C1(c2ccc(Cl)cc2)CCC1. The van der Waals surface area contributed by atoms with Crippen molar-refractivity contribution in [3.63, 3.8) is 0 Å². The third-order valence-corrected chi connectivity index (χ3v) is 5.21. The number of nitrogens with zero attached hydrogens (tertiary/aromatic N) is 1. The van der Waals surface area contributed by atoms with Crippen LogP contribution in [0, 0.1) is 0 Å². The van der Waals surface area contributed by atoms with Gasteiger partial charge in [-0.1, -0.05) is 48.4 Å². The fourth-order valence-electron chi connectivity index (χ4n) is 3.45. The molecule has 2 aromatic carbocycles. The Kier molecular flexibility index (Phi) is 4.81. The number of rotatable bonds is 5. The summed E-state index contributed by atoms with van der Waals surface area (Å²) in [6.45, 7) is 0.540. The minimum atomic E-state index is -0.401. The van der Waals surface area contributed by atoms with E-state index in [1.165, 1.54) is 0 Å². The van der Waals surface area contributed by atoms with Gasteiger partial charge in [-0.3, -0.25) is 4.79 Å². The predicted octanol–water partition coefficient (Wildman–Crippen LogP) is 4.43. The predicted molar refractivity (Wildman–Crippen MR) is 96.4 cm³/mol. The Morgan fingerprint density at radius 3 is 2.42 bits per heavy atom. The van der Waals surface area contributed by atoms with Gasteiger partial charge >= 0.3 is 0 Å². The summed E-state index contributed by atoms with van der Waals surface area (Å²) in [6, 6.07) is 15.5. The van der Waals surface area contributed by atoms with Crippen LogP contribution in [0.15, 0.2) is 48.5 Å². The van der Waals surface area contributed by atoms with Gasteiger partial charge in [-0.2, -0.15) is 0 Å². The molecule has 0 atom stereocenters. The molecule has 0 bridgehead atoms. The number of hydrogen-bond donors (Lipinski definition) is 0. The molecule has 0 N–H and O–H groups in total. The zero-order valence-electron chi connectivity index (χ0n) is 14.1. The number of para-hydroxylation sites is 1. The zero-order chi connectivity index (χ0) is 17.2. The Bertz CT molecular complexity index is 723. The summed E-state index contributed by atoms with van der Waals surface area (Å²) in [7, 11) is 3.52. The van der Waals surface area contributed by atoms with Crippen LogP contribution >= 0.6 is 11.6 Å². The van der Waals surface area contributed by atoms with Crippen LogP contribution in [0.5, 0.6) is 5.75 Å². The Hall–Kier alpha value is -2.00. The molecule has 3 rings (SSSR count). The van der Waals surface area contributed by atoms with E-state index < -0.39 is 5.41 Å². The number of methoxy groups -OCH3 is 1. The van der Waals surface area contributed by atoms with E-state index in [2.05, 4.69) is 0 Å². The highest BCUT2D eigenvalue weighted by Gasteiger charge is 2.46. The first-order chi connectivity index (χ1) is 11.6. The number of halogens is 1. The summed E-state index contributed by atoms with van der Waals surface area (Å²) in [6.07, 6.45) is 2.87. The third kappa shape index (κ3) is 3.01. The normalized spacial score (nSPS) is 15.5. The number of carbonyl (C=O) groups excluding carboxylic acids is 1. The number of amides is 1. The van der Waals surface area contributed by atoms with E-state index in [4.69, 9.17) is 16.3 Å². The summed E-state index contributed by atoms with van der Waals surface area (Å²) in [5.74, 6) is 0.980. The van der Waals surface area contributed by atoms with Gasteiger partial charge in [-0.15, -0.1) is 0 Å². The molecule has 4 heteroatoms. The lowest BCUT2D eigenvalue weighted by Crippen LogP contribution is -2.49. The third-order valence-electron chi connectivity index (χ3n) is 4.96. The van der Waals surface area contributed by atoms with Gasteiger partial charge in [0.05, 0.1) is 12.5 Å². The molecule has 0 spiro atoms. The van der Waals surface area contributed by atoms with Gasteiger partial charge in [0.1, 0.15) is 5.75 Å². The van der Waals surface area contributed by atoms with Crippen LogP contribution in [-0.4, -0.2) is 25.0 Å². The van der Waals surface area contributed by atoms with Crippen molar-refractivity contribution < 1.29 is 9.53 Å². The maximum absolute atomic E-state index is 13.2. The van der Waals surface area contributed by atoms with Gasteiger partial charge in [-0.05, 0) is 36.6 Å². The average molecular weight is 344 g/mol. The maximum Gasteiger partial charge on any atom is 0.233 e. The van der Waals surface area contributed by atoms with Gasteiger partial charge < -0.3 is 9.64 Å². The van der Waals surface area contributed by atoms with Gasteiger partial charge in [0.25, 0.3) is 0 Å². The fraction of sp³-hybridized carbons (Fsp3) is 0.350. The van der Waals surface area contributed by atoms with Crippen LogP contribution in [0.25, 0.3) is 0 Å². The fourth-order valence-corrected chi connectivity index (χ4v) is 3.58. The summed E-state index contributed by atoms with van der Waals surface area (Å²) in [4.78, 5) is 15.0. The van der Waals surface area contributed by atoms with E-state index in [0.29, 0.717) is 11.6 Å². The van der Waals surface area contributed by atoms with Crippen LogP contribution < -0.4 is 4.74 Å². The van der Waals surface area contributed by atoms with E-state index in [-0.39, 0.29) is 5.91 Å². The Labute approximate surface area is 148 Å². The molecule has 1 saturated carbocycles. The van der Waals surface area contributed by atoms with Gasteiger partial charge in [0.15, 0.2) is 0 Å². The molecule has 1 aliphatic carbocycles. The van der Waals surface area contributed by atoms with Crippen molar-refractivity contribution >= 4 is 17.5 Å². The molecule has 1 amide bonds. The number of likely N-dealkylation sites (N-methyl/N-ethyl adjacent to an activating group) is 1. The van der Waals surface area contributed by atoms with Crippen molar-refractivity contribution in [2.24, 2.45) is 0 Å². The molecule has 0 unspecified atom stereocenters. The van der Waals surface area contributed by atoms with Gasteiger partial charge in [0.2, 0.25) is 5.91 Å². The molecule has 0 heterocycles.